The number of hydrogen-bond donors (Lipinski definition) is 0. The molecule has 0 fully saturated rings. The predicted molar refractivity (Wildman–Crippen MR) is 12.8 cm³/mol. The average Bonchev–Trinajstić information content (AvgIpc) is 0. The maximum Gasteiger partial charge on any atom is 2.00 e. The molecule has 0 saturated carbocycles. The molecule has 0 heterocycles. The van der Waals surface area contributed by atoms with Gasteiger partial charge in [-0.3, -0.25) is 0 Å². The van der Waals surface area contributed by atoms with Gasteiger partial charge < -0.3 is 14.9 Å². The van der Waals surface area contributed by atoms with E-state index in [4.69, 9.17) is 0 Å². The third-order valence-electron chi connectivity index (χ3n) is 0. The first-order chi connectivity index (χ1) is 0. The fraction of sp³-hybridized carbons (Fsp3) is 0. The molecule has 0 aromatic rings. The third-order valence-corrected chi connectivity index (χ3v) is 0. The SMILES string of the molecule is [CH3-].[CH3-].[Pt+2].[Y].[Y]. The quantitative estimate of drug-likeness (QED) is 0.528. The Labute approximate surface area is 99.3 Å². The van der Waals surface area contributed by atoms with Crippen LogP contribution in [0, 0.1) is 14.9 Å². The van der Waals surface area contributed by atoms with E-state index in [1.807, 2.05) is 0 Å². The minimum Gasteiger partial charge on any atom is -0.358 e. The molecule has 0 rings (SSSR count). The van der Waals surface area contributed by atoms with Crippen molar-refractivity contribution in [3.63, 3.8) is 0 Å². The largest absolute Gasteiger partial charge is 2.00 e. The van der Waals surface area contributed by atoms with Crippen molar-refractivity contribution in [1.29, 1.82) is 0 Å². The van der Waals surface area contributed by atoms with Crippen molar-refractivity contribution >= 4 is 0 Å². The van der Waals surface area contributed by atoms with Crippen LogP contribution in [0.5, 0.6) is 0 Å². The summed E-state index contributed by atoms with van der Waals surface area (Å²) in [5, 5.41) is 0. The molecule has 5 heavy (non-hydrogen) atoms. The molecule has 0 aliphatic rings. The summed E-state index contributed by atoms with van der Waals surface area (Å²) in [4.78, 5) is 0. The Kier molecular flexibility index (Phi) is 256. The van der Waals surface area contributed by atoms with Gasteiger partial charge >= 0.3 is 21.1 Å². The van der Waals surface area contributed by atoms with Gasteiger partial charge in [0.05, 0.1) is 0 Å². The summed E-state index contributed by atoms with van der Waals surface area (Å²) in [7, 11) is 0. The molecule has 30 valence electrons. The third kappa shape index (κ3) is 19.7. The Hall–Kier alpha value is 2.90. The summed E-state index contributed by atoms with van der Waals surface area (Å²) in [6.07, 6.45) is 0. The molecular formula is C2H6PtY2. The molecular weight excluding hydrogens is 397 g/mol. The summed E-state index contributed by atoms with van der Waals surface area (Å²) >= 11 is 0. The van der Waals surface area contributed by atoms with Crippen molar-refractivity contribution in [3.8, 4) is 0 Å². The van der Waals surface area contributed by atoms with Crippen molar-refractivity contribution in [2.24, 2.45) is 0 Å². The van der Waals surface area contributed by atoms with E-state index in [-0.39, 0.29) is 101 Å². The van der Waals surface area contributed by atoms with Gasteiger partial charge in [-0.15, -0.1) is 0 Å². The van der Waals surface area contributed by atoms with Crippen LogP contribution in [0.15, 0.2) is 0 Å². The van der Waals surface area contributed by atoms with Gasteiger partial charge in [-0.2, -0.15) is 0 Å². The molecule has 0 saturated heterocycles. The van der Waals surface area contributed by atoms with Crippen molar-refractivity contribution < 1.29 is 86.5 Å². The fourth-order valence-corrected chi connectivity index (χ4v) is 0. The molecule has 0 aliphatic heterocycles. The van der Waals surface area contributed by atoms with Crippen LogP contribution < -0.4 is 0 Å². The van der Waals surface area contributed by atoms with E-state index in [0.717, 1.165) is 0 Å². The molecule has 2 radical (unpaired) electrons. The zero-order chi connectivity index (χ0) is 0. The zero-order valence-electron chi connectivity index (χ0n) is 3.47. The second kappa shape index (κ2) is 28.6. The summed E-state index contributed by atoms with van der Waals surface area (Å²) in [5.41, 5.74) is 0. The second-order valence-electron chi connectivity index (χ2n) is 0. The first kappa shape index (κ1) is 44.8. The van der Waals surface area contributed by atoms with E-state index in [1.54, 1.807) is 0 Å². The maximum absolute atomic E-state index is 0. The Balaban J connectivity index is 0. The van der Waals surface area contributed by atoms with E-state index in [2.05, 4.69) is 0 Å². The zero-order valence-corrected chi connectivity index (χ0v) is 11.4. The molecule has 0 spiro atoms. The monoisotopic (exact) mass is 403 g/mol. The van der Waals surface area contributed by atoms with Gasteiger partial charge in [-0.05, 0) is 0 Å². The fourth-order valence-electron chi connectivity index (χ4n) is 0. The van der Waals surface area contributed by atoms with Crippen LogP contribution in [0.1, 0.15) is 0 Å². The molecule has 0 unspecified atom stereocenters. The van der Waals surface area contributed by atoms with E-state index in [1.165, 1.54) is 0 Å². The Bertz CT molecular complexity index is 7.61. The van der Waals surface area contributed by atoms with Gasteiger partial charge in [0.1, 0.15) is 0 Å². The van der Waals surface area contributed by atoms with Crippen LogP contribution in [-0.4, -0.2) is 0 Å². The first-order valence-electron chi connectivity index (χ1n) is 0. The van der Waals surface area contributed by atoms with Crippen LogP contribution in [0.4, 0.5) is 0 Å². The molecule has 0 atom stereocenters. The normalized spacial score (nSPS) is 0. The van der Waals surface area contributed by atoms with Crippen LogP contribution >= 0.6 is 0 Å². The van der Waals surface area contributed by atoms with Gasteiger partial charge in [0.2, 0.25) is 0 Å². The first-order valence-corrected chi connectivity index (χ1v) is 0. The van der Waals surface area contributed by atoms with E-state index < -0.39 is 0 Å². The van der Waals surface area contributed by atoms with E-state index >= 15 is 0 Å². The summed E-state index contributed by atoms with van der Waals surface area (Å²) in [6, 6.07) is 0. The molecule has 0 bridgehead atoms. The van der Waals surface area contributed by atoms with Crippen LogP contribution in [0.25, 0.3) is 0 Å². The van der Waals surface area contributed by atoms with Crippen LogP contribution in [-0.2, 0) is 86.5 Å². The van der Waals surface area contributed by atoms with Gasteiger partial charge in [-0.1, -0.05) is 0 Å². The molecule has 0 aromatic carbocycles. The van der Waals surface area contributed by atoms with Crippen molar-refractivity contribution in [2.75, 3.05) is 0 Å². The molecule has 0 aliphatic carbocycles. The molecule has 0 nitrogen and oxygen atoms in total. The molecule has 3 heteroatoms. The minimum atomic E-state index is 0. The average molecular weight is 403 g/mol. The number of hydrogen-bond acceptors (Lipinski definition) is 0. The predicted octanol–water partition coefficient (Wildman–Crippen LogP) is 0.893. The topological polar surface area (TPSA) is 0 Å². The molecule has 0 N–H and O–H groups in total. The second-order valence-corrected chi connectivity index (χ2v) is 0. The number of rotatable bonds is 0. The molecule has 0 amide bonds. The van der Waals surface area contributed by atoms with E-state index in [0.29, 0.717) is 0 Å². The molecule has 0 aromatic heterocycles. The summed E-state index contributed by atoms with van der Waals surface area (Å²) < 4.78 is 0. The Morgan fingerprint density at radius 3 is 0.600 bits per heavy atom. The summed E-state index contributed by atoms with van der Waals surface area (Å²) in [5.74, 6) is 0. The van der Waals surface area contributed by atoms with Crippen molar-refractivity contribution in [1.82, 2.24) is 0 Å². The van der Waals surface area contributed by atoms with Crippen molar-refractivity contribution in [2.45, 2.75) is 0 Å². The maximum atomic E-state index is 0. The Morgan fingerprint density at radius 1 is 0.600 bits per heavy atom. The van der Waals surface area contributed by atoms with Gasteiger partial charge in [-0.25, -0.2) is 0 Å². The van der Waals surface area contributed by atoms with Gasteiger partial charge in [0, 0.05) is 65.4 Å². The van der Waals surface area contributed by atoms with Crippen molar-refractivity contribution in [3.05, 3.63) is 14.9 Å². The Morgan fingerprint density at radius 2 is 0.600 bits per heavy atom. The van der Waals surface area contributed by atoms with Gasteiger partial charge in [0.15, 0.2) is 0 Å². The van der Waals surface area contributed by atoms with E-state index in [9.17, 15) is 0 Å². The standard InChI is InChI=1S/2CH3.Pt.2Y/h2*1H3;;;/q2*-1;+2;;. The van der Waals surface area contributed by atoms with Crippen LogP contribution in [0.2, 0.25) is 0 Å². The minimum absolute atomic E-state index is 0. The summed E-state index contributed by atoms with van der Waals surface area (Å²) in [6.45, 7) is 0. The smallest absolute Gasteiger partial charge is 0.358 e. The van der Waals surface area contributed by atoms with Crippen LogP contribution in [0.3, 0.4) is 0 Å². The van der Waals surface area contributed by atoms with Gasteiger partial charge in [0.25, 0.3) is 0 Å².